The first-order chi connectivity index (χ1) is 35.0. The van der Waals surface area contributed by atoms with Crippen LogP contribution in [0.5, 0.6) is 0 Å². The van der Waals surface area contributed by atoms with Crippen LogP contribution in [-0.2, 0) is 100 Å². The lowest BCUT2D eigenvalue weighted by Crippen LogP contribution is -2.48. The first-order valence-electron chi connectivity index (χ1n) is 26.0. The summed E-state index contributed by atoms with van der Waals surface area (Å²) in [4.78, 5) is 121. The van der Waals surface area contributed by atoms with Gasteiger partial charge in [-0.2, -0.15) is 5.26 Å². The first-order valence-corrected chi connectivity index (χ1v) is 26.0. The van der Waals surface area contributed by atoms with Crippen molar-refractivity contribution in [1.29, 1.82) is 5.26 Å². The molecule has 0 aromatic carbocycles. The van der Waals surface area contributed by atoms with Crippen molar-refractivity contribution >= 4 is 59.7 Å². The summed E-state index contributed by atoms with van der Waals surface area (Å²) in [6.45, 7) is 18.6. The normalized spacial score (nSPS) is 34.6. The molecule has 16 atom stereocenters. The van der Waals surface area contributed by atoms with Gasteiger partial charge in [-0.3, -0.25) is 38.4 Å². The summed E-state index contributed by atoms with van der Waals surface area (Å²) < 4.78 is 58.3. The molecule has 6 bridgehead atoms. The lowest BCUT2D eigenvalue weighted by Gasteiger charge is -2.32. The lowest BCUT2D eigenvalue weighted by molar-refractivity contribution is -0.192. The third-order valence-electron chi connectivity index (χ3n) is 17.3. The molecule has 0 amide bonds. The molecule has 0 aromatic rings. The van der Waals surface area contributed by atoms with Gasteiger partial charge in [0.2, 0.25) is 5.60 Å². The SMILES string of the molecule is CCC(C)(C)C(=O)OC(C)(C)C(=O)OC1C2CC3C1OC(=O)C3(C#N)C2.CCC(C)(C)C(=O)OCC(=O)OC1C2OC(=O)C3C2OC1C3C(=O)OC.CCC(C)(C)C(=O)OCCC(=O)OC1C2CC3C(=O)OC1C3C2. The largest absolute Gasteiger partial charge is 0.469 e. The molecule has 9 rings (SSSR count). The second-order valence-corrected chi connectivity index (χ2v) is 23.6. The van der Waals surface area contributed by atoms with Crippen molar-refractivity contribution in [1.82, 2.24) is 0 Å². The van der Waals surface area contributed by atoms with E-state index in [0.717, 1.165) is 12.8 Å². The molecule has 0 aromatic heterocycles. The number of carbonyl (C=O) groups excluding carboxylic acids is 10. The summed E-state index contributed by atoms with van der Waals surface area (Å²) >= 11 is 0. The zero-order valence-corrected chi connectivity index (χ0v) is 44.8. The standard InChI is InChI=1S/C19H25NO6.C17H22O9.C17H24O6/c1-6-17(2,3)14(21)26-18(4,5)15(22)24-12-10-7-11-13(12)25-16(23)19(11,8-10)9-20;1-5-17(2,3)16(21)23-6-7(18)24-12-10-8(14(19)22-4)9-11(25-10)13(12)26-15(9)20;1-4-17(2,3)16(20)21-6-5-12(18)22-13-9-7-10-11(8-9)15(19)23-14(10)13/h10-13H,6-8H2,1-5H3;8-13H,5-6H2,1-4H3;9-11,13-14H,4-8H2,1-3H3. The van der Waals surface area contributed by atoms with E-state index in [4.69, 9.17) is 52.1 Å². The predicted octanol–water partition coefficient (Wildman–Crippen LogP) is 3.97. The van der Waals surface area contributed by atoms with Crippen LogP contribution < -0.4 is 0 Å². The van der Waals surface area contributed by atoms with E-state index in [9.17, 15) is 53.2 Å². The molecule has 5 saturated heterocycles. The molecule has 9 aliphatic rings. The highest BCUT2D eigenvalue weighted by molar-refractivity contribution is 5.88. The van der Waals surface area contributed by atoms with Crippen molar-refractivity contribution in [3.8, 4) is 6.07 Å². The average molecular weight is 1060 g/mol. The number of nitriles is 1. The molecule has 0 N–H and O–H groups in total. The van der Waals surface area contributed by atoms with Gasteiger partial charge < -0.3 is 52.1 Å². The Morgan fingerprint density at radius 2 is 1.23 bits per heavy atom. The maximum absolute atomic E-state index is 12.6. The van der Waals surface area contributed by atoms with E-state index in [1.54, 1.807) is 27.7 Å². The van der Waals surface area contributed by atoms with Crippen molar-refractivity contribution in [2.45, 2.75) is 182 Å². The van der Waals surface area contributed by atoms with Crippen LogP contribution in [0.3, 0.4) is 0 Å². The van der Waals surface area contributed by atoms with E-state index in [1.165, 1.54) is 21.0 Å². The maximum atomic E-state index is 12.6. The Hall–Kier alpha value is -5.85. The number of hydrogen-bond donors (Lipinski definition) is 0. The van der Waals surface area contributed by atoms with Crippen LogP contribution in [0.25, 0.3) is 0 Å². The van der Waals surface area contributed by atoms with Gasteiger partial charge in [0, 0.05) is 23.7 Å². The smallest absolute Gasteiger partial charge is 0.350 e. The number of esters is 10. The summed E-state index contributed by atoms with van der Waals surface area (Å²) in [5.74, 6) is -6.45. The summed E-state index contributed by atoms with van der Waals surface area (Å²) in [7, 11) is 1.21. The maximum Gasteiger partial charge on any atom is 0.350 e. The Bertz CT molecular complexity index is 2380. The fourth-order valence-corrected chi connectivity index (χ4v) is 11.5. The molecular weight excluding hydrogens is 987 g/mol. The molecule has 4 aliphatic carbocycles. The van der Waals surface area contributed by atoms with Crippen molar-refractivity contribution in [2.24, 2.45) is 63.1 Å². The van der Waals surface area contributed by atoms with E-state index >= 15 is 0 Å². The van der Waals surface area contributed by atoms with Crippen LogP contribution in [0, 0.1) is 74.4 Å². The van der Waals surface area contributed by atoms with Crippen LogP contribution in [0.15, 0.2) is 0 Å². The number of hydrogen-bond acceptors (Lipinski definition) is 22. The Labute approximate surface area is 435 Å². The zero-order chi connectivity index (χ0) is 55.5. The summed E-state index contributed by atoms with van der Waals surface area (Å²) in [6.07, 6.45) is -0.418. The quantitative estimate of drug-likeness (QED) is 0.147. The lowest BCUT2D eigenvalue weighted by atomic mass is 9.74. The van der Waals surface area contributed by atoms with Gasteiger partial charge in [-0.05, 0) is 100 Å². The van der Waals surface area contributed by atoms with Gasteiger partial charge in [0.25, 0.3) is 0 Å². The van der Waals surface area contributed by atoms with Crippen molar-refractivity contribution in [3.05, 3.63) is 0 Å². The van der Waals surface area contributed by atoms with Crippen LogP contribution in [0.4, 0.5) is 0 Å². The van der Waals surface area contributed by atoms with E-state index in [0.29, 0.717) is 32.1 Å². The van der Waals surface area contributed by atoms with Crippen LogP contribution in [0.2, 0.25) is 0 Å². The number of methoxy groups -OCH3 is 1. The van der Waals surface area contributed by atoms with Gasteiger partial charge in [-0.25, -0.2) is 9.59 Å². The first kappa shape index (κ1) is 56.9. The minimum absolute atomic E-state index is 0.0113. The van der Waals surface area contributed by atoms with Gasteiger partial charge in [0.15, 0.2) is 24.2 Å². The van der Waals surface area contributed by atoms with Gasteiger partial charge >= 0.3 is 59.7 Å². The van der Waals surface area contributed by atoms with Crippen molar-refractivity contribution in [2.75, 3.05) is 20.3 Å². The fourth-order valence-electron chi connectivity index (χ4n) is 11.5. The molecule has 75 heavy (non-hydrogen) atoms. The molecule has 414 valence electrons. The molecule has 22 heteroatoms. The topological polar surface area (TPSA) is 296 Å². The Balaban J connectivity index is 0.000000164. The van der Waals surface area contributed by atoms with E-state index < -0.39 is 130 Å². The molecule has 9 fully saturated rings. The molecule has 5 aliphatic heterocycles. The van der Waals surface area contributed by atoms with Crippen molar-refractivity contribution < 1.29 is 100 Å². The minimum Gasteiger partial charge on any atom is -0.469 e. The Morgan fingerprint density at radius 1 is 0.640 bits per heavy atom. The molecule has 0 radical (unpaired) electrons. The molecule has 5 heterocycles. The number of fused-ring (bicyclic) bond motifs is 3. The van der Waals surface area contributed by atoms with Crippen LogP contribution in [0.1, 0.15) is 128 Å². The van der Waals surface area contributed by atoms with Crippen molar-refractivity contribution in [3.63, 3.8) is 0 Å². The van der Waals surface area contributed by atoms with Crippen LogP contribution >= 0.6 is 0 Å². The second-order valence-electron chi connectivity index (χ2n) is 23.6. The van der Waals surface area contributed by atoms with Gasteiger partial charge in [-0.1, -0.05) is 20.8 Å². The van der Waals surface area contributed by atoms with Gasteiger partial charge in [0.05, 0.1) is 41.8 Å². The molecule has 0 spiro atoms. The molecule has 22 nitrogen and oxygen atoms in total. The number of nitrogens with zero attached hydrogens (tertiary/aromatic N) is 1. The Morgan fingerprint density at radius 3 is 1.84 bits per heavy atom. The summed E-state index contributed by atoms with van der Waals surface area (Å²) in [5.41, 5.74) is -4.47. The highest BCUT2D eigenvalue weighted by Crippen LogP contribution is 2.62. The van der Waals surface area contributed by atoms with Crippen LogP contribution in [-0.4, -0.2) is 134 Å². The third kappa shape index (κ3) is 10.4. The molecule has 4 saturated carbocycles. The number of ether oxygens (including phenoxy) is 11. The molecule has 16 unspecified atom stereocenters. The fraction of sp³-hybridized carbons (Fsp3) is 0.792. The van der Waals surface area contributed by atoms with E-state index in [-0.39, 0.29) is 66.8 Å². The summed E-state index contributed by atoms with van der Waals surface area (Å²) in [5, 5.41) is 9.42. The van der Waals surface area contributed by atoms with E-state index in [2.05, 4.69) is 6.07 Å². The van der Waals surface area contributed by atoms with Gasteiger partial charge in [0.1, 0.15) is 55.1 Å². The minimum atomic E-state index is -1.44. The zero-order valence-electron chi connectivity index (χ0n) is 44.8. The third-order valence-corrected chi connectivity index (χ3v) is 17.3. The summed E-state index contributed by atoms with van der Waals surface area (Å²) in [6, 6.07) is 2.12. The predicted molar refractivity (Wildman–Crippen MR) is 250 cm³/mol. The highest BCUT2D eigenvalue weighted by atomic mass is 16.7. The van der Waals surface area contributed by atoms with Gasteiger partial charge in [-0.15, -0.1) is 0 Å². The molecular formula is C53H71NO21. The average Bonchev–Trinajstić information content (AvgIpc) is 4.26. The van der Waals surface area contributed by atoms with E-state index in [1.807, 2.05) is 34.6 Å². The number of rotatable bonds is 17. The highest BCUT2D eigenvalue weighted by Gasteiger charge is 2.73. The second kappa shape index (κ2) is 20.9. The number of carbonyl (C=O) groups is 10. The monoisotopic (exact) mass is 1060 g/mol. The Kier molecular flexibility index (Phi) is 15.9.